The molecule has 0 saturated heterocycles. The molecule has 4 nitrogen and oxygen atoms in total. The van der Waals surface area contributed by atoms with Crippen molar-refractivity contribution < 1.29 is 8.83 Å². The predicted molar refractivity (Wildman–Crippen MR) is 309 cm³/mol. The summed E-state index contributed by atoms with van der Waals surface area (Å²) in [6, 6.07) is 80.2. The third-order valence-electron chi connectivity index (χ3n) is 16.9. The highest BCUT2D eigenvalue weighted by Crippen LogP contribution is 2.58. The van der Waals surface area contributed by atoms with E-state index in [0.29, 0.717) is 0 Å². The van der Waals surface area contributed by atoms with Gasteiger partial charge in [-0.05, 0) is 79.8 Å². The minimum Gasteiger partial charge on any atom is -0.454 e. The van der Waals surface area contributed by atoms with Gasteiger partial charge in [0.1, 0.15) is 11.5 Å². The fourth-order valence-corrected chi connectivity index (χ4v) is 13.6. The standard InChI is InChI=1S/C70H48N2O2/c1-69(2)53-27-11-9-23-47(53)67-63(69)51-25-15-31-59(65(51)73-67)71(55-29-13-19-41-17-5-7-21-45(41)55)57-39-35-43-34-38-50-58(40-36-44-33-37-49(57)61(43)62(44)50)72(56-30-14-20-42-18-6-8-22-46(42)56)60-32-16-26-52-64-68(74-66(52)60)48-24-10-12-28-54(48)70(64,3)4/h5-40H,1-4H3. The van der Waals surface area contributed by atoms with E-state index in [-0.39, 0.29) is 10.8 Å². The van der Waals surface area contributed by atoms with Gasteiger partial charge in [0.25, 0.3) is 0 Å². The first-order chi connectivity index (χ1) is 36.3. The SMILES string of the molecule is CC1(C)c2ccccc2-c2oc3c(N(c4cccc5ccccc45)c4ccc5ccc6c(N(c7cccc8ccccc78)c7cccc8c9c(oc78)-c7ccccc7C9(C)C)ccc7ccc4c5c76)cccc3c21. The van der Waals surface area contributed by atoms with Crippen molar-refractivity contribution in [2.24, 2.45) is 0 Å². The first-order valence-electron chi connectivity index (χ1n) is 25.8. The van der Waals surface area contributed by atoms with E-state index >= 15 is 0 Å². The summed E-state index contributed by atoms with van der Waals surface area (Å²) in [5.74, 6) is 1.93. The largest absolute Gasteiger partial charge is 0.454 e. The summed E-state index contributed by atoms with van der Waals surface area (Å²) in [7, 11) is 0. The van der Waals surface area contributed by atoms with Crippen LogP contribution in [0.1, 0.15) is 49.9 Å². The molecule has 0 radical (unpaired) electrons. The fraction of sp³-hybridized carbons (Fsp3) is 0.0857. The molecule has 0 fully saturated rings. The zero-order valence-electron chi connectivity index (χ0n) is 41.5. The normalized spacial score (nSPS) is 14.2. The van der Waals surface area contributed by atoms with Gasteiger partial charge in [-0.2, -0.15) is 0 Å². The molecule has 14 aromatic rings. The van der Waals surface area contributed by atoms with E-state index in [1.807, 2.05) is 0 Å². The molecule has 0 N–H and O–H groups in total. The second-order valence-electron chi connectivity index (χ2n) is 21.5. The van der Waals surface area contributed by atoms with Crippen LogP contribution in [0.15, 0.2) is 227 Å². The zero-order chi connectivity index (χ0) is 49.2. The van der Waals surface area contributed by atoms with Crippen molar-refractivity contribution >= 4 is 110 Å². The van der Waals surface area contributed by atoms with E-state index in [1.165, 1.54) is 76.5 Å². The molecule has 4 heteroatoms. The number of benzene rings is 12. The molecule has 2 heterocycles. The van der Waals surface area contributed by atoms with Gasteiger partial charge < -0.3 is 18.6 Å². The highest BCUT2D eigenvalue weighted by Gasteiger charge is 2.42. The summed E-state index contributed by atoms with van der Waals surface area (Å²) in [6.07, 6.45) is 0. The molecule has 0 unspecified atom stereocenters. The van der Waals surface area contributed by atoms with Crippen molar-refractivity contribution in [1.29, 1.82) is 0 Å². The molecule has 0 spiro atoms. The molecule has 0 aliphatic heterocycles. The van der Waals surface area contributed by atoms with E-state index in [2.05, 4.69) is 256 Å². The summed E-state index contributed by atoms with van der Waals surface area (Å²) >= 11 is 0. The maximum Gasteiger partial charge on any atom is 0.159 e. The number of rotatable bonds is 6. The molecule has 12 aromatic carbocycles. The second-order valence-corrected chi connectivity index (χ2v) is 21.5. The average Bonchev–Trinajstić information content (AvgIpc) is 4.18. The Bertz CT molecular complexity index is 4390. The van der Waals surface area contributed by atoms with Crippen LogP contribution in [-0.2, 0) is 10.8 Å². The number of anilines is 6. The molecule has 16 rings (SSSR count). The Morgan fingerprint density at radius 1 is 0.284 bits per heavy atom. The third-order valence-corrected chi connectivity index (χ3v) is 16.9. The van der Waals surface area contributed by atoms with Gasteiger partial charge in [0.15, 0.2) is 11.2 Å². The van der Waals surface area contributed by atoms with Crippen molar-refractivity contribution in [1.82, 2.24) is 0 Å². The molecule has 74 heavy (non-hydrogen) atoms. The van der Waals surface area contributed by atoms with Crippen LogP contribution in [0.2, 0.25) is 0 Å². The molecular weight excluding hydrogens is 901 g/mol. The van der Waals surface area contributed by atoms with E-state index in [0.717, 1.165) is 78.4 Å². The van der Waals surface area contributed by atoms with Gasteiger partial charge >= 0.3 is 0 Å². The summed E-state index contributed by atoms with van der Waals surface area (Å²) in [5.41, 5.74) is 15.1. The van der Waals surface area contributed by atoms with Crippen LogP contribution in [0.4, 0.5) is 34.1 Å². The predicted octanol–water partition coefficient (Wildman–Crippen LogP) is 19.9. The Hall–Kier alpha value is -9.12. The minimum atomic E-state index is -0.227. The molecule has 0 saturated carbocycles. The molecule has 2 aromatic heterocycles. The van der Waals surface area contributed by atoms with E-state index in [1.54, 1.807) is 0 Å². The van der Waals surface area contributed by atoms with Gasteiger partial charge in [0.2, 0.25) is 0 Å². The lowest BCUT2D eigenvalue weighted by Gasteiger charge is -2.30. The Kier molecular flexibility index (Phi) is 8.27. The highest BCUT2D eigenvalue weighted by atomic mass is 16.3. The molecular formula is C70H48N2O2. The Balaban J connectivity index is 0.969. The van der Waals surface area contributed by atoms with Crippen LogP contribution in [0.25, 0.3) is 98.4 Å². The molecule has 0 atom stereocenters. The Morgan fingerprint density at radius 3 is 1.11 bits per heavy atom. The van der Waals surface area contributed by atoms with E-state index < -0.39 is 0 Å². The van der Waals surface area contributed by atoms with Gasteiger partial charge in [-0.3, -0.25) is 0 Å². The first-order valence-corrected chi connectivity index (χ1v) is 25.8. The van der Waals surface area contributed by atoms with Crippen molar-refractivity contribution in [3.63, 3.8) is 0 Å². The minimum absolute atomic E-state index is 0.227. The molecule has 0 amide bonds. The summed E-state index contributed by atoms with van der Waals surface area (Å²) in [4.78, 5) is 4.93. The van der Waals surface area contributed by atoms with Crippen LogP contribution in [0.3, 0.4) is 0 Å². The van der Waals surface area contributed by atoms with Crippen molar-refractivity contribution in [3.8, 4) is 22.6 Å². The number of nitrogens with zero attached hydrogens (tertiary/aromatic N) is 2. The second kappa shape index (κ2) is 14.7. The maximum atomic E-state index is 7.25. The zero-order valence-corrected chi connectivity index (χ0v) is 41.5. The maximum absolute atomic E-state index is 7.25. The van der Waals surface area contributed by atoms with Gasteiger partial charge in [-0.1, -0.05) is 210 Å². The number of fused-ring (bicyclic) bond motifs is 12. The topological polar surface area (TPSA) is 32.8 Å². The smallest absolute Gasteiger partial charge is 0.159 e. The summed E-state index contributed by atoms with van der Waals surface area (Å²) in [5, 5.41) is 14.1. The summed E-state index contributed by atoms with van der Waals surface area (Å²) < 4.78 is 14.5. The lowest BCUT2D eigenvalue weighted by atomic mass is 9.81. The quantitative estimate of drug-likeness (QED) is 0.156. The molecule has 2 aliphatic rings. The Morgan fingerprint density at radius 2 is 0.635 bits per heavy atom. The average molecular weight is 949 g/mol. The number of hydrogen-bond acceptors (Lipinski definition) is 4. The monoisotopic (exact) mass is 948 g/mol. The van der Waals surface area contributed by atoms with Crippen LogP contribution in [-0.4, -0.2) is 0 Å². The summed E-state index contributed by atoms with van der Waals surface area (Å²) in [6.45, 7) is 9.33. The first kappa shape index (κ1) is 41.5. The fourth-order valence-electron chi connectivity index (χ4n) is 13.6. The lowest BCUT2D eigenvalue weighted by Crippen LogP contribution is -2.15. The molecule has 2 aliphatic carbocycles. The van der Waals surface area contributed by atoms with Crippen molar-refractivity contribution in [2.75, 3.05) is 9.80 Å². The highest BCUT2D eigenvalue weighted by molar-refractivity contribution is 6.29. The van der Waals surface area contributed by atoms with Crippen LogP contribution in [0.5, 0.6) is 0 Å². The number of furan rings is 2. The number of para-hydroxylation sites is 2. The van der Waals surface area contributed by atoms with Crippen molar-refractivity contribution in [2.45, 2.75) is 38.5 Å². The van der Waals surface area contributed by atoms with Gasteiger partial charge in [0.05, 0.1) is 34.1 Å². The van der Waals surface area contributed by atoms with Crippen molar-refractivity contribution in [3.05, 3.63) is 241 Å². The van der Waals surface area contributed by atoms with Crippen LogP contribution < -0.4 is 9.80 Å². The molecule has 0 bridgehead atoms. The van der Waals surface area contributed by atoms with E-state index in [4.69, 9.17) is 8.83 Å². The molecule has 350 valence electrons. The number of hydrogen-bond donors (Lipinski definition) is 0. The van der Waals surface area contributed by atoms with Crippen LogP contribution in [0, 0.1) is 0 Å². The van der Waals surface area contributed by atoms with E-state index in [9.17, 15) is 0 Å². The van der Waals surface area contributed by atoms with Gasteiger partial charge in [0, 0.05) is 65.4 Å². The Labute approximate surface area is 428 Å². The third kappa shape index (κ3) is 5.41. The van der Waals surface area contributed by atoms with Gasteiger partial charge in [-0.25, -0.2) is 0 Å². The van der Waals surface area contributed by atoms with Crippen LogP contribution >= 0.6 is 0 Å². The lowest BCUT2D eigenvalue weighted by molar-refractivity contribution is 0.619. The van der Waals surface area contributed by atoms with Gasteiger partial charge in [-0.15, -0.1) is 0 Å².